The monoisotopic (exact) mass is 379 g/mol. The number of hydrogen-bond acceptors (Lipinski definition) is 4. The summed E-state index contributed by atoms with van der Waals surface area (Å²) in [5.41, 5.74) is 5.38. The molecule has 1 aromatic heterocycles. The smallest absolute Gasteiger partial charge is 0.220 e. The molecule has 1 amide bonds. The van der Waals surface area contributed by atoms with Crippen molar-refractivity contribution in [2.45, 2.75) is 39.0 Å². The number of primary amides is 1. The van der Waals surface area contributed by atoms with Gasteiger partial charge in [-0.1, -0.05) is 6.07 Å². The molecule has 0 unspecified atom stereocenters. The van der Waals surface area contributed by atoms with Crippen molar-refractivity contribution < 1.29 is 4.79 Å². The van der Waals surface area contributed by atoms with Crippen molar-refractivity contribution in [2.75, 3.05) is 39.3 Å². The van der Waals surface area contributed by atoms with Crippen molar-refractivity contribution in [3.05, 3.63) is 22.4 Å². The van der Waals surface area contributed by atoms with Crippen LogP contribution in [0.1, 0.15) is 37.5 Å². The van der Waals surface area contributed by atoms with Gasteiger partial charge in [0.15, 0.2) is 5.96 Å². The summed E-state index contributed by atoms with van der Waals surface area (Å²) in [5, 5.41) is 8.83. The lowest BCUT2D eigenvalue weighted by molar-refractivity contribution is -0.123. The number of amides is 1. The number of thiophene rings is 1. The van der Waals surface area contributed by atoms with Gasteiger partial charge >= 0.3 is 0 Å². The Hall–Kier alpha value is -1.60. The van der Waals surface area contributed by atoms with Crippen molar-refractivity contribution >= 4 is 23.2 Å². The van der Waals surface area contributed by atoms with E-state index >= 15 is 0 Å². The third-order valence-electron chi connectivity index (χ3n) is 4.73. The summed E-state index contributed by atoms with van der Waals surface area (Å²) in [6, 6.07) is 4.26. The van der Waals surface area contributed by atoms with E-state index in [1.165, 1.54) is 4.88 Å². The van der Waals surface area contributed by atoms with Crippen molar-refractivity contribution in [1.29, 1.82) is 0 Å². The number of piperidine rings is 1. The van der Waals surface area contributed by atoms with E-state index in [1.54, 1.807) is 11.3 Å². The molecular formula is C19H33N5OS. The number of likely N-dealkylation sites (tertiary alicyclic amines) is 1. The predicted molar refractivity (Wildman–Crippen MR) is 110 cm³/mol. The van der Waals surface area contributed by atoms with Crippen LogP contribution >= 0.6 is 11.3 Å². The molecule has 1 aliphatic rings. The van der Waals surface area contributed by atoms with Crippen molar-refractivity contribution in [2.24, 2.45) is 16.6 Å². The summed E-state index contributed by atoms with van der Waals surface area (Å²) in [7, 11) is 0. The maximum atomic E-state index is 11.2. The summed E-state index contributed by atoms with van der Waals surface area (Å²) < 4.78 is 0. The molecule has 7 heteroatoms. The summed E-state index contributed by atoms with van der Waals surface area (Å²) in [5.74, 6) is 0.853. The van der Waals surface area contributed by atoms with Crippen LogP contribution in [0, 0.1) is 5.92 Å². The van der Waals surface area contributed by atoms with E-state index in [9.17, 15) is 4.79 Å². The Balaban J connectivity index is 1.58. The lowest BCUT2D eigenvalue weighted by Crippen LogP contribution is -2.39. The number of carbonyl (C=O) groups excluding carboxylic acids is 1. The quantitative estimate of drug-likeness (QED) is 0.329. The van der Waals surface area contributed by atoms with Gasteiger partial charge in [0.1, 0.15) is 0 Å². The van der Waals surface area contributed by atoms with Gasteiger partial charge in [-0.2, -0.15) is 0 Å². The molecule has 1 fully saturated rings. The Labute approximate surface area is 161 Å². The Bertz CT molecular complexity index is 538. The number of hydrogen-bond donors (Lipinski definition) is 3. The van der Waals surface area contributed by atoms with Crippen molar-refractivity contribution in [1.82, 2.24) is 15.5 Å². The number of nitrogens with zero attached hydrogens (tertiary/aromatic N) is 2. The maximum absolute atomic E-state index is 11.2. The zero-order valence-electron chi connectivity index (χ0n) is 15.9. The highest BCUT2D eigenvalue weighted by Crippen LogP contribution is 2.16. The standard InChI is InChI=1S/C19H33N5OS/c1-2-21-19(23-11-7-17-6-5-15-26-17)22-10-3-4-12-24-13-8-16(9-14-24)18(20)25/h5-6,15-16H,2-4,7-14H2,1H3,(H2,20,25)(H2,21,22,23). The highest BCUT2D eigenvalue weighted by Gasteiger charge is 2.22. The Morgan fingerprint density at radius 1 is 1.35 bits per heavy atom. The third-order valence-corrected chi connectivity index (χ3v) is 5.67. The molecule has 1 saturated heterocycles. The van der Waals surface area contributed by atoms with Crippen LogP contribution in [0.3, 0.4) is 0 Å². The molecule has 2 heterocycles. The van der Waals surface area contributed by atoms with Gasteiger partial charge in [0, 0.05) is 30.4 Å². The molecule has 146 valence electrons. The van der Waals surface area contributed by atoms with Crippen LogP contribution in [0.4, 0.5) is 0 Å². The van der Waals surface area contributed by atoms with E-state index < -0.39 is 0 Å². The van der Waals surface area contributed by atoms with Crippen LogP contribution in [0.2, 0.25) is 0 Å². The Morgan fingerprint density at radius 2 is 2.15 bits per heavy atom. The number of aliphatic imine (C=N–C) groups is 1. The van der Waals surface area contributed by atoms with E-state index in [-0.39, 0.29) is 11.8 Å². The molecule has 0 aromatic carbocycles. The summed E-state index contributed by atoms with van der Waals surface area (Å²) in [6.07, 6.45) is 5.07. The van der Waals surface area contributed by atoms with Gasteiger partial charge in [-0.25, -0.2) is 0 Å². The average molecular weight is 380 g/mol. The third kappa shape index (κ3) is 7.74. The fourth-order valence-corrected chi connectivity index (χ4v) is 3.89. The number of carbonyl (C=O) groups is 1. The molecular weight excluding hydrogens is 346 g/mol. The van der Waals surface area contributed by atoms with E-state index in [0.717, 1.165) is 77.3 Å². The van der Waals surface area contributed by atoms with Crippen LogP contribution < -0.4 is 16.4 Å². The number of nitrogens with two attached hydrogens (primary N) is 1. The number of guanidine groups is 1. The van der Waals surface area contributed by atoms with Gasteiger partial charge in [0.25, 0.3) is 0 Å². The Morgan fingerprint density at radius 3 is 2.81 bits per heavy atom. The number of rotatable bonds is 10. The van der Waals surface area contributed by atoms with Gasteiger partial charge < -0.3 is 21.3 Å². The molecule has 0 spiro atoms. The van der Waals surface area contributed by atoms with Gasteiger partial charge in [0.05, 0.1) is 0 Å². The number of unbranched alkanes of at least 4 members (excludes halogenated alkanes) is 1. The molecule has 0 aliphatic carbocycles. The van der Waals surface area contributed by atoms with Crippen molar-refractivity contribution in [3.8, 4) is 0 Å². The molecule has 2 rings (SSSR count). The molecule has 0 radical (unpaired) electrons. The fourth-order valence-electron chi connectivity index (χ4n) is 3.18. The largest absolute Gasteiger partial charge is 0.369 e. The summed E-state index contributed by atoms with van der Waals surface area (Å²) >= 11 is 1.80. The van der Waals surface area contributed by atoms with Crippen LogP contribution in [0.15, 0.2) is 22.5 Å². The first kappa shape index (κ1) is 20.7. The molecule has 26 heavy (non-hydrogen) atoms. The van der Waals surface area contributed by atoms with E-state index in [4.69, 9.17) is 5.73 Å². The van der Waals surface area contributed by atoms with Gasteiger partial charge in [-0.15, -0.1) is 11.3 Å². The van der Waals surface area contributed by atoms with Crippen LogP contribution in [0.25, 0.3) is 0 Å². The minimum Gasteiger partial charge on any atom is -0.369 e. The first-order valence-corrected chi connectivity index (χ1v) is 10.6. The van der Waals surface area contributed by atoms with Crippen LogP contribution in [-0.4, -0.2) is 56.0 Å². The van der Waals surface area contributed by atoms with E-state index in [0.29, 0.717) is 0 Å². The highest BCUT2D eigenvalue weighted by molar-refractivity contribution is 7.09. The fraction of sp³-hybridized carbons (Fsp3) is 0.684. The van der Waals surface area contributed by atoms with Gasteiger partial charge in [-0.3, -0.25) is 9.79 Å². The zero-order valence-corrected chi connectivity index (χ0v) is 16.7. The predicted octanol–water partition coefficient (Wildman–Crippen LogP) is 1.82. The molecule has 0 atom stereocenters. The van der Waals surface area contributed by atoms with Crippen LogP contribution in [-0.2, 0) is 11.2 Å². The zero-order chi connectivity index (χ0) is 18.6. The second-order valence-corrected chi connectivity index (χ2v) is 7.77. The maximum Gasteiger partial charge on any atom is 0.220 e. The lowest BCUT2D eigenvalue weighted by atomic mass is 9.96. The first-order valence-electron chi connectivity index (χ1n) is 9.75. The second-order valence-electron chi connectivity index (χ2n) is 6.74. The van der Waals surface area contributed by atoms with Crippen LogP contribution in [0.5, 0.6) is 0 Å². The van der Waals surface area contributed by atoms with E-state index in [1.807, 2.05) is 0 Å². The lowest BCUT2D eigenvalue weighted by Gasteiger charge is -2.30. The normalized spacial score (nSPS) is 16.6. The second kappa shape index (κ2) is 11.9. The minimum atomic E-state index is -0.137. The van der Waals surface area contributed by atoms with E-state index in [2.05, 4.69) is 45.0 Å². The highest BCUT2D eigenvalue weighted by atomic mass is 32.1. The molecule has 0 bridgehead atoms. The SMILES string of the molecule is CCNC(=NCCCCN1CCC(C(N)=O)CC1)NCCc1cccs1. The topological polar surface area (TPSA) is 82.8 Å². The molecule has 4 N–H and O–H groups in total. The minimum absolute atomic E-state index is 0.0822. The average Bonchev–Trinajstić information content (AvgIpc) is 3.15. The molecule has 0 saturated carbocycles. The first-order chi connectivity index (χ1) is 12.7. The molecule has 1 aliphatic heterocycles. The Kier molecular flexibility index (Phi) is 9.48. The van der Waals surface area contributed by atoms with Crippen molar-refractivity contribution in [3.63, 3.8) is 0 Å². The molecule has 6 nitrogen and oxygen atoms in total. The summed E-state index contributed by atoms with van der Waals surface area (Å²) in [4.78, 5) is 19.7. The number of nitrogens with one attached hydrogen (secondary N) is 2. The molecule has 1 aromatic rings. The van der Waals surface area contributed by atoms with Gasteiger partial charge in [0.2, 0.25) is 5.91 Å². The summed E-state index contributed by atoms with van der Waals surface area (Å²) in [6.45, 7) is 7.77. The van der Waals surface area contributed by atoms with Gasteiger partial charge in [-0.05, 0) is 70.1 Å².